The van der Waals surface area contributed by atoms with Crippen molar-refractivity contribution in [1.29, 1.82) is 0 Å². The highest BCUT2D eigenvalue weighted by Gasteiger charge is 2.33. The molecular weight excluding hydrogens is 594 g/mol. The molecule has 3 aromatic carbocycles. The molecule has 0 spiro atoms. The van der Waals surface area contributed by atoms with E-state index in [1.807, 2.05) is 75.4 Å². The van der Waals surface area contributed by atoms with Gasteiger partial charge in [-0.25, -0.2) is 8.42 Å². The van der Waals surface area contributed by atoms with Crippen LogP contribution >= 0.6 is 15.9 Å². The molecule has 0 unspecified atom stereocenters. The predicted molar refractivity (Wildman–Crippen MR) is 162 cm³/mol. The van der Waals surface area contributed by atoms with Gasteiger partial charge in [-0.05, 0) is 68.3 Å². The molecule has 0 aliphatic heterocycles. The lowest BCUT2D eigenvalue weighted by atomic mass is 10.0. The summed E-state index contributed by atoms with van der Waals surface area (Å²) in [5.41, 5.74) is 2.00. The highest BCUT2D eigenvalue weighted by Crippen LogP contribution is 2.23. The van der Waals surface area contributed by atoms with Gasteiger partial charge in [0.15, 0.2) is 0 Å². The van der Waals surface area contributed by atoms with Crippen LogP contribution in [0.2, 0.25) is 0 Å². The molecule has 0 aromatic heterocycles. The van der Waals surface area contributed by atoms with Crippen molar-refractivity contribution in [3.8, 4) is 5.75 Å². The maximum Gasteiger partial charge on any atom is 0.244 e. The van der Waals surface area contributed by atoms with E-state index >= 15 is 0 Å². The van der Waals surface area contributed by atoms with Gasteiger partial charge in [-0.2, -0.15) is 0 Å². The van der Waals surface area contributed by atoms with Gasteiger partial charge in [0, 0.05) is 23.5 Å². The maximum absolute atomic E-state index is 14.1. The van der Waals surface area contributed by atoms with Gasteiger partial charge in [0.1, 0.15) is 18.3 Å². The summed E-state index contributed by atoms with van der Waals surface area (Å²) in [6.07, 6.45) is 1.32. The van der Waals surface area contributed by atoms with Crippen LogP contribution in [0.25, 0.3) is 0 Å². The number of carbonyl (C=O) groups excluding carboxylic acids is 2. The number of hydrogen-bond acceptors (Lipinski definition) is 5. The summed E-state index contributed by atoms with van der Waals surface area (Å²) in [5, 5.41) is 2.94. The zero-order valence-corrected chi connectivity index (χ0v) is 25.6. The monoisotopic (exact) mass is 629 g/mol. The summed E-state index contributed by atoms with van der Waals surface area (Å²) in [6.45, 7) is 5.68. The quantitative estimate of drug-likeness (QED) is 0.294. The second-order valence-electron chi connectivity index (χ2n) is 9.72. The Kier molecular flexibility index (Phi) is 11.2. The van der Waals surface area contributed by atoms with Crippen LogP contribution in [0.4, 0.5) is 5.69 Å². The first-order valence-corrected chi connectivity index (χ1v) is 15.7. The number of nitrogens with zero attached hydrogens (tertiary/aromatic N) is 2. The highest BCUT2D eigenvalue weighted by atomic mass is 79.9. The van der Waals surface area contributed by atoms with Crippen molar-refractivity contribution in [3.05, 3.63) is 94.5 Å². The summed E-state index contributed by atoms with van der Waals surface area (Å²) in [7, 11) is -3.84. The molecule has 0 aliphatic carbocycles. The van der Waals surface area contributed by atoms with E-state index in [2.05, 4.69) is 21.2 Å². The molecule has 3 aromatic rings. The fraction of sp³-hybridized carbons (Fsp3) is 0.333. The standard InChI is InChI=1S/C30H36BrN3O5S/c1-5-39-27-16-14-26(15-17-27)34(40(4,37)38)21-29(35)33(20-24-12-9-13-25(31)18-24)28(30(36)32-22(2)3)19-23-10-7-6-8-11-23/h6-18,22,28H,5,19-21H2,1-4H3,(H,32,36)/t28-/m0/s1. The summed E-state index contributed by atoms with van der Waals surface area (Å²) in [6, 6.07) is 22.4. The lowest BCUT2D eigenvalue weighted by Crippen LogP contribution is -2.54. The molecule has 0 saturated carbocycles. The molecule has 1 atom stereocenters. The van der Waals surface area contributed by atoms with E-state index in [-0.39, 0.29) is 24.9 Å². The molecule has 3 rings (SSSR count). The molecule has 214 valence electrons. The van der Waals surface area contributed by atoms with Gasteiger partial charge >= 0.3 is 0 Å². The molecule has 8 nitrogen and oxygen atoms in total. The molecule has 0 radical (unpaired) electrons. The number of ether oxygens (including phenoxy) is 1. The van der Waals surface area contributed by atoms with Gasteiger partial charge in [0.05, 0.1) is 18.6 Å². The molecule has 0 fully saturated rings. The minimum Gasteiger partial charge on any atom is -0.494 e. The third-order valence-corrected chi connectivity index (χ3v) is 7.69. The number of halogens is 1. The third-order valence-electron chi connectivity index (χ3n) is 6.06. The van der Waals surface area contributed by atoms with Crippen molar-refractivity contribution in [1.82, 2.24) is 10.2 Å². The fourth-order valence-corrected chi connectivity index (χ4v) is 5.55. The highest BCUT2D eigenvalue weighted by molar-refractivity contribution is 9.10. The fourth-order valence-electron chi connectivity index (χ4n) is 4.26. The maximum atomic E-state index is 14.1. The van der Waals surface area contributed by atoms with Gasteiger partial charge in [-0.15, -0.1) is 0 Å². The number of benzene rings is 3. The van der Waals surface area contributed by atoms with Gasteiger partial charge in [0.25, 0.3) is 0 Å². The Morgan fingerprint density at radius 2 is 1.60 bits per heavy atom. The van der Waals surface area contributed by atoms with Crippen LogP contribution in [-0.4, -0.2) is 56.6 Å². The van der Waals surface area contributed by atoms with E-state index < -0.39 is 28.5 Å². The molecule has 0 bridgehead atoms. The molecule has 2 amide bonds. The number of carbonyl (C=O) groups is 2. The largest absolute Gasteiger partial charge is 0.494 e. The zero-order valence-electron chi connectivity index (χ0n) is 23.2. The number of amides is 2. The first kappa shape index (κ1) is 31.2. The second-order valence-corrected chi connectivity index (χ2v) is 12.5. The molecule has 0 heterocycles. The molecule has 0 saturated heterocycles. The lowest BCUT2D eigenvalue weighted by molar-refractivity contribution is -0.140. The average molecular weight is 631 g/mol. The minimum absolute atomic E-state index is 0.113. The SMILES string of the molecule is CCOc1ccc(N(CC(=O)N(Cc2cccc(Br)c2)[C@@H](Cc2ccccc2)C(=O)NC(C)C)S(C)(=O)=O)cc1. The van der Waals surface area contributed by atoms with Crippen LogP contribution in [0.3, 0.4) is 0 Å². The molecular formula is C30H36BrN3O5S. The van der Waals surface area contributed by atoms with E-state index in [0.29, 0.717) is 18.0 Å². The van der Waals surface area contributed by atoms with Crippen LogP contribution in [0, 0.1) is 0 Å². The molecule has 0 aliphatic rings. The van der Waals surface area contributed by atoms with Crippen LogP contribution in [0.5, 0.6) is 5.75 Å². The van der Waals surface area contributed by atoms with E-state index in [0.717, 1.165) is 26.2 Å². The summed E-state index contributed by atoms with van der Waals surface area (Å²) in [5.74, 6) is -0.219. The lowest BCUT2D eigenvalue weighted by Gasteiger charge is -2.34. The number of hydrogen-bond donors (Lipinski definition) is 1. The van der Waals surface area contributed by atoms with E-state index in [4.69, 9.17) is 4.74 Å². The number of anilines is 1. The Hall–Kier alpha value is -3.37. The molecule has 10 heteroatoms. The van der Waals surface area contributed by atoms with Crippen molar-refractivity contribution in [2.75, 3.05) is 23.7 Å². The Morgan fingerprint density at radius 1 is 0.950 bits per heavy atom. The van der Waals surface area contributed by atoms with E-state index in [9.17, 15) is 18.0 Å². The first-order chi connectivity index (χ1) is 19.0. The van der Waals surface area contributed by atoms with Crippen molar-refractivity contribution in [2.45, 2.75) is 45.8 Å². The Morgan fingerprint density at radius 3 is 2.17 bits per heavy atom. The first-order valence-electron chi connectivity index (χ1n) is 13.1. The Labute approximate surface area is 245 Å². The van der Waals surface area contributed by atoms with Gasteiger partial charge < -0.3 is 15.0 Å². The summed E-state index contributed by atoms with van der Waals surface area (Å²) < 4.78 is 33.1. The Bertz CT molecular complexity index is 1380. The average Bonchev–Trinajstić information content (AvgIpc) is 2.89. The summed E-state index contributed by atoms with van der Waals surface area (Å²) in [4.78, 5) is 29.1. The smallest absolute Gasteiger partial charge is 0.244 e. The van der Waals surface area contributed by atoms with Crippen molar-refractivity contribution in [3.63, 3.8) is 0 Å². The van der Waals surface area contributed by atoms with E-state index in [1.165, 1.54) is 4.90 Å². The van der Waals surface area contributed by atoms with Gasteiger partial charge in [0.2, 0.25) is 21.8 Å². The van der Waals surface area contributed by atoms with Crippen molar-refractivity contribution < 1.29 is 22.7 Å². The summed E-state index contributed by atoms with van der Waals surface area (Å²) >= 11 is 3.47. The third kappa shape index (κ3) is 9.09. The van der Waals surface area contributed by atoms with Crippen LogP contribution in [0.1, 0.15) is 31.9 Å². The minimum atomic E-state index is -3.84. The second kappa shape index (κ2) is 14.3. The van der Waals surface area contributed by atoms with Crippen LogP contribution < -0.4 is 14.4 Å². The van der Waals surface area contributed by atoms with Crippen molar-refractivity contribution >= 4 is 43.5 Å². The molecule has 1 N–H and O–H groups in total. The van der Waals surface area contributed by atoms with Crippen molar-refractivity contribution in [2.24, 2.45) is 0 Å². The zero-order chi connectivity index (χ0) is 29.3. The topological polar surface area (TPSA) is 96.0 Å². The molecule has 40 heavy (non-hydrogen) atoms. The predicted octanol–water partition coefficient (Wildman–Crippen LogP) is 4.78. The van der Waals surface area contributed by atoms with Gasteiger partial charge in [-0.1, -0.05) is 58.4 Å². The Balaban J connectivity index is 2.03. The normalized spacial score (nSPS) is 12.1. The van der Waals surface area contributed by atoms with Crippen LogP contribution in [0.15, 0.2) is 83.3 Å². The van der Waals surface area contributed by atoms with Gasteiger partial charge in [-0.3, -0.25) is 13.9 Å². The van der Waals surface area contributed by atoms with E-state index in [1.54, 1.807) is 24.3 Å². The number of rotatable bonds is 13. The number of sulfonamides is 1. The van der Waals surface area contributed by atoms with Crippen LogP contribution in [-0.2, 0) is 32.6 Å². The number of nitrogens with one attached hydrogen (secondary N) is 1.